The molecule has 0 aliphatic rings. The normalized spacial score (nSPS) is 9.81. The number of H-pyrrole nitrogens is 1. The maximum absolute atomic E-state index is 11.8. The Morgan fingerprint density at radius 1 is 1.06 bits per heavy atom. The Kier molecular flexibility index (Phi) is 2.96. The van der Waals surface area contributed by atoms with Crippen LogP contribution >= 0.6 is 0 Å². The summed E-state index contributed by atoms with van der Waals surface area (Å²) in [5.41, 5.74) is 2.59. The first kappa shape index (κ1) is 10.4. The van der Waals surface area contributed by atoms with E-state index in [4.69, 9.17) is 0 Å². The highest BCUT2D eigenvalue weighted by Gasteiger charge is 2.05. The highest BCUT2D eigenvalue weighted by molar-refractivity contribution is 6.04. The lowest BCUT2D eigenvalue weighted by molar-refractivity contribution is -0.377. The number of aromatic amines is 1. The topological polar surface area (TPSA) is 43.2 Å². The van der Waals surface area contributed by atoms with E-state index in [1.165, 1.54) is 0 Å². The lowest BCUT2D eigenvalue weighted by atomic mass is 10.1. The zero-order valence-electron chi connectivity index (χ0n) is 9.03. The minimum absolute atomic E-state index is 0.0915. The van der Waals surface area contributed by atoms with E-state index in [-0.39, 0.29) is 5.91 Å². The molecule has 0 aliphatic carbocycles. The van der Waals surface area contributed by atoms with E-state index in [0.717, 1.165) is 11.3 Å². The Morgan fingerprint density at radius 2 is 1.69 bits per heavy atom. The first-order valence-electron chi connectivity index (χ1n) is 5.10. The number of hydrogen-bond donors (Lipinski definition) is 1. The second-order valence-electron chi connectivity index (χ2n) is 3.61. The van der Waals surface area contributed by atoms with Gasteiger partial charge in [0.1, 0.15) is 0 Å². The molecule has 1 heterocycles. The summed E-state index contributed by atoms with van der Waals surface area (Å²) in [6.07, 6.45) is 3.54. The molecule has 0 saturated carbocycles. The fourth-order valence-electron chi connectivity index (χ4n) is 1.38. The Bertz CT molecular complexity index is 477. The molecule has 0 unspecified atom stereocenters. The van der Waals surface area contributed by atoms with E-state index in [2.05, 4.69) is 10.3 Å². The number of aryl methyl sites for hydroxylation is 1. The summed E-state index contributed by atoms with van der Waals surface area (Å²) in [5.74, 6) is -0.0915. The Balaban J connectivity index is 2.12. The molecule has 2 rings (SSSR count). The number of benzene rings is 1. The largest absolute Gasteiger partial charge is 0.322 e. The minimum Gasteiger partial charge on any atom is -0.322 e. The van der Waals surface area contributed by atoms with Crippen LogP contribution in [-0.4, -0.2) is 5.91 Å². The van der Waals surface area contributed by atoms with Crippen LogP contribution in [0.4, 0.5) is 5.69 Å². The molecule has 2 aromatic rings. The van der Waals surface area contributed by atoms with Crippen LogP contribution in [0.2, 0.25) is 0 Å². The molecule has 80 valence electrons. The molecule has 0 atom stereocenters. The molecule has 0 fully saturated rings. The van der Waals surface area contributed by atoms with E-state index in [1.54, 1.807) is 12.4 Å². The van der Waals surface area contributed by atoms with Crippen molar-refractivity contribution < 1.29 is 9.78 Å². The molecule has 3 heteroatoms. The van der Waals surface area contributed by atoms with Crippen molar-refractivity contribution in [3.05, 3.63) is 59.9 Å². The third-order valence-electron chi connectivity index (χ3n) is 2.29. The Morgan fingerprint density at radius 3 is 2.31 bits per heavy atom. The van der Waals surface area contributed by atoms with Crippen LogP contribution in [-0.2, 0) is 0 Å². The molecular weight excluding hydrogens is 200 g/mol. The van der Waals surface area contributed by atoms with E-state index < -0.39 is 0 Å². The standard InChI is InChI=1S/C13H12N2O/c1-10-2-4-11(5-3-10)13(16)15-12-6-8-14-9-7-12/h2-9H,1H3,(H,14,15,16)/p+1. The van der Waals surface area contributed by atoms with Crippen LogP contribution in [0, 0.1) is 6.92 Å². The van der Waals surface area contributed by atoms with Crippen LogP contribution in [0.25, 0.3) is 0 Å². The smallest absolute Gasteiger partial charge is 0.255 e. The molecule has 0 spiro atoms. The number of anilines is 1. The van der Waals surface area contributed by atoms with Crippen molar-refractivity contribution in [1.29, 1.82) is 0 Å². The van der Waals surface area contributed by atoms with E-state index in [1.807, 2.05) is 43.3 Å². The summed E-state index contributed by atoms with van der Waals surface area (Å²) < 4.78 is 0. The molecule has 0 bridgehead atoms. The van der Waals surface area contributed by atoms with Crippen LogP contribution in [0.1, 0.15) is 15.9 Å². The molecule has 1 aromatic heterocycles. The summed E-state index contributed by atoms with van der Waals surface area (Å²) in [7, 11) is 0. The fourth-order valence-corrected chi connectivity index (χ4v) is 1.38. The first-order valence-corrected chi connectivity index (χ1v) is 5.10. The number of carbonyl (C=O) groups excluding carboxylic acids is 1. The summed E-state index contributed by atoms with van der Waals surface area (Å²) in [6.45, 7) is 1.99. The molecular formula is C13H13N2O+. The van der Waals surface area contributed by atoms with Gasteiger partial charge in [0.15, 0.2) is 12.4 Å². The second kappa shape index (κ2) is 4.57. The monoisotopic (exact) mass is 213 g/mol. The number of hydrogen-bond acceptors (Lipinski definition) is 1. The summed E-state index contributed by atoms with van der Waals surface area (Å²) >= 11 is 0. The molecule has 1 aromatic carbocycles. The van der Waals surface area contributed by atoms with Crippen LogP contribution in [0.3, 0.4) is 0 Å². The van der Waals surface area contributed by atoms with Gasteiger partial charge in [0.2, 0.25) is 0 Å². The van der Waals surface area contributed by atoms with Gasteiger partial charge >= 0.3 is 0 Å². The van der Waals surface area contributed by atoms with Crippen molar-refractivity contribution in [1.82, 2.24) is 0 Å². The van der Waals surface area contributed by atoms with Gasteiger partial charge in [-0.25, -0.2) is 4.98 Å². The van der Waals surface area contributed by atoms with Crippen molar-refractivity contribution in [3.8, 4) is 0 Å². The predicted octanol–water partition coefficient (Wildman–Crippen LogP) is 2.06. The van der Waals surface area contributed by atoms with Gasteiger partial charge in [-0.3, -0.25) is 4.79 Å². The van der Waals surface area contributed by atoms with Crippen molar-refractivity contribution in [2.75, 3.05) is 5.32 Å². The zero-order valence-corrected chi connectivity index (χ0v) is 9.03. The minimum atomic E-state index is -0.0915. The number of pyridine rings is 1. The van der Waals surface area contributed by atoms with Crippen molar-refractivity contribution in [3.63, 3.8) is 0 Å². The van der Waals surface area contributed by atoms with Gasteiger partial charge in [0, 0.05) is 17.7 Å². The lowest BCUT2D eigenvalue weighted by Crippen LogP contribution is -2.12. The van der Waals surface area contributed by atoms with Gasteiger partial charge in [-0.2, -0.15) is 0 Å². The predicted molar refractivity (Wildman–Crippen MR) is 62.1 cm³/mol. The summed E-state index contributed by atoms with van der Waals surface area (Å²) in [5, 5.41) is 2.82. The Hall–Kier alpha value is -2.16. The van der Waals surface area contributed by atoms with Gasteiger partial charge in [-0.15, -0.1) is 0 Å². The highest BCUT2D eigenvalue weighted by atomic mass is 16.1. The van der Waals surface area contributed by atoms with E-state index in [0.29, 0.717) is 5.56 Å². The van der Waals surface area contributed by atoms with Gasteiger partial charge in [0.05, 0.1) is 5.69 Å². The molecule has 2 N–H and O–H groups in total. The average Bonchev–Trinajstić information content (AvgIpc) is 2.31. The van der Waals surface area contributed by atoms with Crippen LogP contribution in [0.15, 0.2) is 48.8 Å². The number of rotatable bonds is 2. The molecule has 0 aliphatic heterocycles. The molecule has 3 nitrogen and oxygen atoms in total. The molecule has 0 saturated heterocycles. The SMILES string of the molecule is Cc1ccc(C(=O)Nc2cc[nH+]cc2)cc1. The third kappa shape index (κ3) is 2.45. The van der Waals surface area contributed by atoms with Crippen molar-refractivity contribution in [2.24, 2.45) is 0 Å². The van der Waals surface area contributed by atoms with Gasteiger partial charge in [0.25, 0.3) is 5.91 Å². The molecule has 0 radical (unpaired) electrons. The molecule has 1 amide bonds. The number of nitrogens with one attached hydrogen (secondary N) is 2. The van der Waals surface area contributed by atoms with Gasteiger partial charge < -0.3 is 5.32 Å². The van der Waals surface area contributed by atoms with Crippen LogP contribution in [0.5, 0.6) is 0 Å². The van der Waals surface area contributed by atoms with Gasteiger partial charge in [-0.05, 0) is 19.1 Å². The first-order chi connectivity index (χ1) is 7.75. The van der Waals surface area contributed by atoms with E-state index in [9.17, 15) is 4.79 Å². The molecule has 16 heavy (non-hydrogen) atoms. The zero-order chi connectivity index (χ0) is 11.4. The quantitative estimate of drug-likeness (QED) is 0.815. The number of carbonyl (C=O) groups is 1. The Labute approximate surface area is 94.1 Å². The second-order valence-corrected chi connectivity index (χ2v) is 3.61. The average molecular weight is 213 g/mol. The van der Waals surface area contributed by atoms with Crippen molar-refractivity contribution >= 4 is 11.6 Å². The summed E-state index contributed by atoms with van der Waals surface area (Å²) in [6, 6.07) is 11.1. The van der Waals surface area contributed by atoms with Crippen molar-refractivity contribution in [2.45, 2.75) is 6.92 Å². The van der Waals surface area contributed by atoms with Gasteiger partial charge in [-0.1, -0.05) is 17.7 Å². The van der Waals surface area contributed by atoms with Crippen LogP contribution < -0.4 is 10.3 Å². The number of amides is 1. The maximum atomic E-state index is 11.8. The summed E-state index contributed by atoms with van der Waals surface area (Å²) in [4.78, 5) is 14.7. The highest BCUT2D eigenvalue weighted by Crippen LogP contribution is 2.07. The third-order valence-corrected chi connectivity index (χ3v) is 2.29. The lowest BCUT2D eigenvalue weighted by Gasteiger charge is -2.03. The fraction of sp³-hybridized carbons (Fsp3) is 0.0769. The maximum Gasteiger partial charge on any atom is 0.255 e. The number of aromatic nitrogens is 1. The van der Waals surface area contributed by atoms with E-state index >= 15 is 0 Å².